The molecular formula is C16H11F2N3O4. The highest BCUT2D eigenvalue weighted by Gasteiger charge is 2.29. The quantitative estimate of drug-likeness (QED) is 0.780. The van der Waals surface area contributed by atoms with Gasteiger partial charge in [-0.25, -0.2) is 9.78 Å². The minimum atomic E-state index is -3.29. The third-order valence-corrected chi connectivity index (χ3v) is 4.13. The van der Waals surface area contributed by atoms with Gasteiger partial charge >= 0.3 is 12.6 Å². The van der Waals surface area contributed by atoms with Crippen molar-refractivity contribution in [2.24, 2.45) is 0 Å². The minimum absolute atomic E-state index is 0.0535. The summed E-state index contributed by atoms with van der Waals surface area (Å²) in [7, 11) is 0. The molecule has 128 valence electrons. The Hall–Kier alpha value is -3.23. The number of halogens is 2. The molecule has 0 saturated heterocycles. The molecule has 0 spiro atoms. The number of aryl methyl sites for hydroxylation is 2. The standard InChI is InChI=1S/C16H11F2N3O4/c17-16(18)25-21-12-8(7-9(14(21)22)15(23)24)5-6-20-11-4-2-1-3-10(11)19-13(12)20/h1-4,7,16H,5-6H2,(H,23,24). The summed E-state index contributed by atoms with van der Waals surface area (Å²) >= 11 is 0. The number of carbonyl (C=O) groups is 1. The van der Waals surface area contributed by atoms with Gasteiger partial charge < -0.3 is 14.5 Å². The Balaban J connectivity index is 2.07. The van der Waals surface area contributed by atoms with Crippen LogP contribution in [0.25, 0.3) is 22.6 Å². The maximum Gasteiger partial charge on any atom is 0.405 e. The number of hydrogen-bond donors (Lipinski definition) is 1. The zero-order valence-electron chi connectivity index (χ0n) is 12.6. The lowest BCUT2D eigenvalue weighted by Crippen LogP contribution is -2.37. The Labute approximate surface area is 138 Å². The molecule has 0 bridgehead atoms. The second-order valence-corrected chi connectivity index (χ2v) is 5.53. The number of alkyl halides is 2. The van der Waals surface area contributed by atoms with E-state index in [0.717, 1.165) is 5.52 Å². The van der Waals surface area contributed by atoms with Gasteiger partial charge in [0.15, 0.2) is 5.82 Å². The van der Waals surface area contributed by atoms with Crippen molar-refractivity contribution in [3.8, 4) is 11.5 Å². The van der Waals surface area contributed by atoms with E-state index in [9.17, 15) is 18.4 Å². The number of benzene rings is 1. The van der Waals surface area contributed by atoms with Gasteiger partial charge in [-0.15, -0.1) is 4.73 Å². The third kappa shape index (κ3) is 2.27. The van der Waals surface area contributed by atoms with Crippen LogP contribution in [0.1, 0.15) is 15.9 Å². The number of fused-ring (bicyclic) bond motifs is 5. The van der Waals surface area contributed by atoms with E-state index in [2.05, 4.69) is 9.82 Å². The zero-order valence-corrected chi connectivity index (χ0v) is 12.6. The lowest BCUT2D eigenvalue weighted by molar-refractivity contribution is -0.134. The largest absolute Gasteiger partial charge is 0.477 e. The van der Waals surface area contributed by atoms with Gasteiger partial charge in [0.25, 0.3) is 5.56 Å². The maximum atomic E-state index is 12.8. The number of carboxylic acid groups (broad SMARTS) is 1. The van der Waals surface area contributed by atoms with Gasteiger partial charge in [0.05, 0.1) is 11.0 Å². The molecule has 3 aromatic rings. The molecule has 0 atom stereocenters. The van der Waals surface area contributed by atoms with Crippen LogP contribution in [-0.2, 0) is 13.0 Å². The number of aromatic carboxylic acids is 1. The van der Waals surface area contributed by atoms with Crippen molar-refractivity contribution in [1.82, 2.24) is 14.3 Å². The van der Waals surface area contributed by atoms with Crippen LogP contribution in [0.5, 0.6) is 0 Å². The molecule has 0 aliphatic carbocycles. The minimum Gasteiger partial charge on any atom is -0.477 e. The molecule has 1 N–H and O–H groups in total. The molecule has 3 heterocycles. The number of carboxylic acids is 1. The SMILES string of the molecule is O=C(O)c1cc2c(n(OC(F)F)c1=O)-c1nc3ccccc3n1CC2. The highest BCUT2D eigenvalue weighted by Crippen LogP contribution is 2.31. The average molecular weight is 347 g/mol. The van der Waals surface area contributed by atoms with Crippen molar-refractivity contribution < 1.29 is 23.5 Å². The summed E-state index contributed by atoms with van der Waals surface area (Å²) in [6.45, 7) is -2.81. The van der Waals surface area contributed by atoms with Crippen molar-refractivity contribution in [3.05, 3.63) is 51.8 Å². The number of hydrogen-bond acceptors (Lipinski definition) is 4. The molecule has 0 saturated carbocycles. The van der Waals surface area contributed by atoms with Gasteiger partial charge in [0.2, 0.25) is 0 Å². The number of rotatable bonds is 3. The fraction of sp³-hybridized carbons (Fsp3) is 0.188. The summed E-state index contributed by atoms with van der Waals surface area (Å²) in [5, 5.41) is 9.16. The number of imidazole rings is 1. The summed E-state index contributed by atoms with van der Waals surface area (Å²) in [6, 6.07) is 8.41. The third-order valence-electron chi connectivity index (χ3n) is 4.13. The van der Waals surface area contributed by atoms with Crippen LogP contribution in [0.3, 0.4) is 0 Å². The van der Waals surface area contributed by atoms with Crippen molar-refractivity contribution in [3.63, 3.8) is 0 Å². The first-order chi connectivity index (χ1) is 12.0. The van der Waals surface area contributed by atoms with Gasteiger partial charge in [0, 0.05) is 6.54 Å². The van der Waals surface area contributed by atoms with Gasteiger partial charge in [-0.1, -0.05) is 12.1 Å². The van der Waals surface area contributed by atoms with Crippen LogP contribution >= 0.6 is 0 Å². The van der Waals surface area contributed by atoms with E-state index in [1.165, 1.54) is 6.07 Å². The van der Waals surface area contributed by atoms with Crippen LogP contribution < -0.4 is 10.4 Å². The molecule has 0 radical (unpaired) electrons. The van der Waals surface area contributed by atoms with Gasteiger partial charge in [-0.05, 0) is 30.2 Å². The molecule has 0 amide bonds. The monoisotopic (exact) mass is 347 g/mol. The van der Waals surface area contributed by atoms with E-state index in [-0.39, 0.29) is 11.5 Å². The van der Waals surface area contributed by atoms with E-state index >= 15 is 0 Å². The van der Waals surface area contributed by atoms with Gasteiger partial charge in [-0.2, -0.15) is 8.78 Å². The normalized spacial score (nSPS) is 12.9. The maximum absolute atomic E-state index is 12.8. The van der Waals surface area contributed by atoms with Crippen molar-refractivity contribution in [2.75, 3.05) is 0 Å². The molecule has 0 unspecified atom stereocenters. The Morgan fingerprint density at radius 1 is 1.32 bits per heavy atom. The lowest BCUT2D eigenvalue weighted by Gasteiger charge is -2.22. The molecule has 0 fully saturated rings. The molecule has 4 rings (SSSR count). The molecule has 9 heteroatoms. The van der Waals surface area contributed by atoms with E-state index in [1.54, 1.807) is 16.7 Å². The van der Waals surface area contributed by atoms with Gasteiger partial charge in [-0.3, -0.25) is 4.79 Å². The molecule has 1 aromatic carbocycles. The second-order valence-electron chi connectivity index (χ2n) is 5.53. The fourth-order valence-electron chi connectivity index (χ4n) is 3.12. The molecular weight excluding hydrogens is 336 g/mol. The van der Waals surface area contributed by atoms with Crippen LogP contribution in [0, 0.1) is 0 Å². The smallest absolute Gasteiger partial charge is 0.405 e. The second kappa shape index (κ2) is 5.40. The molecule has 7 nitrogen and oxygen atoms in total. The Morgan fingerprint density at radius 2 is 2.08 bits per heavy atom. The predicted molar refractivity (Wildman–Crippen MR) is 82.7 cm³/mol. The highest BCUT2D eigenvalue weighted by atomic mass is 19.3. The average Bonchev–Trinajstić information content (AvgIpc) is 2.95. The Kier molecular flexibility index (Phi) is 3.31. The number of pyridine rings is 1. The summed E-state index contributed by atoms with van der Waals surface area (Å²) in [6.07, 6.45) is 0.357. The topological polar surface area (TPSA) is 86.3 Å². The van der Waals surface area contributed by atoms with E-state index in [4.69, 9.17) is 5.11 Å². The first kappa shape index (κ1) is 15.3. The Bertz CT molecular complexity index is 1070. The first-order valence-electron chi connectivity index (χ1n) is 7.40. The van der Waals surface area contributed by atoms with Crippen LogP contribution in [0.15, 0.2) is 35.1 Å². The lowest BCUT2D eigenvalue weighted by atomic mass is 10.0. The number of aromatic nitrogens is 3. The van der Waals surface area contributed by atoms with Crippen LogP contribution in [0.2, 0.25) is 0 Å². The summed E-state index contributed by atoms with van der Waals surface area (Å²) < 4.78 is 27.8. The van der Waals surface area contributed by atoms with Crippen molar-refractivity contribution in [1.29, 1.82) is 0 Å². The molecule has 2 aromatic heterocycles. The van der Waals surface area contributed by atoms with Gasteiger partial charge in [0.1, 0.15) is 11.3 Å². The Morgan fingerprint density at radius 3 is 2.80 bits per heavy atom. The van der Waals surface area contributed by atoms with Crippen molar-refractivity contribution in [2.45, 2.75) is 19.6 Å². The summed E-state index contributed by atoms with van der Waals surface area (Å²) in [4.78, 5) is 32.3. The zero-order chi connectivity index (χ0) is 17.7. The molecule has 25 heavy (non-hydrogen) atoms. The van der Waals surface area contributed by atoms with E-state index in [1.807, 2.05) is 12.1 Å². The summed E-state index contributed by atoms with van der Waals surface area (Å²) in [5.74, 6) is -1.21. The number of para-hydroxylation sites is 2. The first-order valence-corrected chi connectivity index (χ1v) is 7.40. The molecule has 1 aliphatic rings. The summed E-state index contributed by atoms with van der Waals surface area (Å²) in [5.41, 5.74) is 0.124. The van der Waals surface area contributed by atoms with Crippen LogP contribution in [0.4, 0.5) is 8.78 Å². The highest BCUT2D eigenvalue weighted by molar-refractivity contribution is 5.88. The van der Waals surface area contributed by atoms with E-state index in [0.29, 0.717) is 28.8 Å². The molecule has 1 aliphatic heterocycles. The number of nitrogens with zero attached hydrogens (tertiary/aromatic N) is 3. The predicted octanol–water partition coefficient (Wildman–Crippen LogP) is 1.77. The van der Waals surface area contributed by atoms with E-state index < -0.39 is 23.7 Å². The van der Waals surface area contributed by atoms with Crippen molar-refractivity contribution >= 4 is 17.0 Å². The van der Waals surface area contributed by atoms with Crippen LogP contribution in [-0.4, -0.2) is 32.0 Å². The fourth-order valence-corrected chi connectivity index (χ4v) is 3.12.